The van der Waals surface area contributed by atoms with Gasteiger partial charge in [-0.2, -0.15) is 0 Å². The van der Waals surface area contributed by atoms with Gasteiger partial charge in [0.2, 0.25) is 0 Å². The molecule has 0 aliphatic carbocycles. The second-order valence-corrected chi connectivity index (χ2v) is 4.41. The minimum absolute atomic E-state index is 0.241. The number of hydrogen-bond acceptors (Lipinski definition) is 4. The van der Waals surface area contributed by atoms with Gasteiger partial charge in [0.1, 0.15) is 0 Å². The standard InChI is InChI=1S/C12H16BrNO4/c13-4-7-18-6-1-5-14-12(17)9-2-3-10(15)11(16)8-9/h2-3,8,15-16H,1,4-7H2,(H,14,17). The summed E-state index contributed by atoms with van der Waals surface area (Å²) in [5, 5.41) is 21.9. The first kappa shape index (κ1) is 14.8. The summed E-state index contributed by atoms with van der Waals surface area (Å²) in [5.74, 6) is -0.830. The lowest BCUT2D eigenvalue weighted by Crippen LogP contribution is -2.25. The predicted molar refractivity (Wildman–Crippen MR) is 71.3 cm³/mol. The molecule has 0 atom stereocenters. The highest BCUT2D eigenvalue weighted by atomic mass is 79.9. The summed E-state index contributed by atoms with van der Waals surface area (Å²) in [7, 11) is 0. The van der Waals surface area contributed by atoms with Gasteiger partial charge in [-0.3, -0.25) is 4.79 Å². The van der Waals surface area contributed by atoms with Crippen LogP contribution in [0.25, 0.3) is 0 Å². The number of carbonyl (C=O) groups excluding carboxylic acids is 1. The summed E-state index contributed by atoms with van der Waals surface area (Å²) in [5.41, 5.74) is 0.312. The molecule has 0 saturated heterocycles. The third-order valence-electron chi connectivity index (χ3n) is 2.21. The van der Waals surface area contributed by atoms with Crippen LogP contribution in [0.5, 0.6) is 11.5 Å². The number of benzene rings is 1. The number of ether oxygens (including phenoxy) is 1. The topological polar surface area (TPSA) is 78.8 Å². The van der Waals surface area contributed by atoms with Gasteiger partial charge in [0.15, 0.2) is 11.5 Å². The van der Waals surface area contributed by atoms with E-state index in [1.165, 1.54) is 18.2 Å². The van der Waals surface area contributed by atoms with Crippen molar-refractivity contribution in [2.75, 3.05) is 25.1 Å². The lowest BCUT2D eigenvalue weighted by Gasteiger charge is -2.06. The summed E-state index contributed by atoms with van der Waals surface area (Å²) in [6, 6.07) is 3.96. The lowest BCUT2D eigenvalue weighted by atomic mass is 10.2. The molecule has 0 aliphatic rings. The lowest BCUT2D eigenvalue weighted by molar-refractivity contribution is 0.0944. The van der Waals surface area contributed by atoms with Crippen LogP contribution in [0.1, 0.15) is 16.8 Å². The average molecular weight is 318 g/mol. The molecule has 0 heterocycles. The summed E-state index contributed by atoms with van der Waals surface area (Å²) >= 11 is 3.25. The zero-order valence-corrected chi connectivity index (χ0v) is 11.4. The molecule has 0 radical (unpaired) electrons. The van der Waals surface area contributed by atoms with Crippen LogP contribution in [0.3, 0.4) is 0 Å². The van der Waals surface area contributed by atoms with Crippen LogP contribution in [0, 0.1) is 0 Å². The highest BCUT2D eigenvalue weighted by molar-refractivity contribution is 9.09. The van der Waals surface area contributed by atoms with E-state index >= 15 is 0 Å². The van der Waals surface area contributed by atoms with E-state index in [1.807, 2.05) is 0 Å². The number of halogens is 1. The summed E-state index contributed by atoms with van der Waals surface area (Å²) < 4.78 is 5.23. The largest absolute Gasteiger partial charge is 0.504 e. The molecule has 0 fully saturated rings. The number of alkyl halides is 1. The molecule has 0 saturated carbocycles. The molecular formula is C12H16BrNO4. The Hall–Kier alpha value is -1.27. The fraction of sp³-hybridized carbons (Fsp3) is 0.417. The van der Waals surface area contributed by atoms with Gasteiger partial charge in [0.05, 0.1) is 6.61 Å². The van der Waals surface area contributed by atoms with Crippen molar-refractivity contribution in [1.29, 1.82) is 0 Å². The number of nitrogens with one attached hydrogen (secondary N) is 1. The van der Waals surface area contributed by atoms with E-state index in [0.717, 1.165) is 11.8 Å². The van der Waals surface area contributed by atoms with Crippen molar-refractivity contribution in [1.82, 2.24) is 5.32 Å². The zero-order chi connectivity index (χ0) is 13.4. The number of aromatic hydroxyl groups is 2. The normalized spacial score (nSPS) is 10.3. The van der Waals surface area contributed by atoms with Crippen LogP contribution in [0.2, 0.25) is 0 Å². The zero-order valence-electron chi connectivity index (χ0n) is 9.86. The first-order valence-electron chi connectivity index (χ1n) is 5.59. The molecule has 1 rings (SSSR count). The maximum absolute atomic E-state index is 11.6. The molecule has 3 N–H and O–H groups in total. The molecule has 0 unspecified atom stereocenters. The average Bonchev–Trinajstić information content (AvgIpc) is 2.36. The number of rotatable bonds is 7. The van der Waals surface area contributed by atoms with Gasteiger partial charge in [-0.05, 0) is 24.6 Å². The van der Waals surface area contributed by atoms with Gasteiger partial charge in [-0.15, -0.1) is 0 Å². The first-order valence-corrected chi connectivity index (χ1v) is 6.71. The van der Waals surface area contributed by atoms with E-state index in [9.17, 15) is 9.90 Å². The minimum Gasteiger partial charge on any atom is -0.504 e. The van der Waals surface area contributed by atoms with E-state index in [0.29, 0.717) is 25.3 Å². The van der Waals surface area contributed by atoms with E-state index < -0.39 is 0 Å². The van der Waals surface area contributed by atoms with Crippen LogP contribution in [0.4, 0.5) is 0 Å². The van der Waals surface area contributed by atoms with Crippen LogP contribution >= 0.6 is 15.9 Å². The van der Waals surface area contributed by atoms with Crippen molar-refractivity contribution in [2.24, 2.45) is 0 Å². The SMILES string of the molecule is O=C(NCCCOCCBr)c1ccc(O)c(O)c1. The quantitative estimate of drug-likeness (QED) is 0.406. The fourth-order valence-corrected chi connectivity index (χ4v) is 1.53. The Labute approximate surface area is 114 Å². The molecule has 0 aromatic heterocycles. The smallest absolute Gasteiger partial charge is 0.251 e. The number of phenols is 2. The number of amides is 1. The van der Waals surface area contributed by atoms with E-state index in [1.54, 1.807) is 0 Å². The molecule has 0 aliphatic heterocycles. The van der Waals surface area contributed by atoms with Crippen molar-refractivity contribution in [3.05, 3.63) is 23.8 Å². The predicted octanol–water partition coefficient (Wildman–Crippen LogP) is 1.63. The van der Waals surface area contributed by atoms with Crippen molar-refractivity contribution in [3.8, 4) is 11.5 Å². The third-order valence-corrected chi connectivity index (χ3v) is 2.53. The van der Waals surface area contributed by atoms with E-state index in [2.05, 4.69) is 21.2 Å². The molecule has 0 bridgehead atoms. The minimum atomic E-state index is -0.302. The molecule has 5 nitrogen and oxygen atoms in total. The Morgan fingerprint density at radius 3 is 2.72 bits per heavy atom. The van der Waals surface area contributed by atoms with Crippen molar-refractivity contribution < 1.29 is 19.7 Å². The second-order valence-electron chi connectivity index (χ2n) is 3.61. The van der Waals surface area contributed by atoms with E-state index in [-0.39, 0.29) is 17.4 Å². The maximum atomic E-state index is 11.6. The summed E-state index contributed by atoms with van der Waals surface area (Å²) in [6.45, 7) is 1.75. The number of hydrogen-bond donors (Lipinski definition) is 3. The molecule has 100 valence electrons. The molecule has 0 spiro atoms. The maximum Gasteiger partial charge on any atom is 0.251 e. The molecule has 1 aromatic rings. The number of carbonyl (C=O) groups is 1. The molecule has 1 aromatic carbocycles. The molecule has 18 heavy (non-hydrogen) atoms. The van der Waals surface area contributed by atoms with E-state index in [4.69, 9.17) is 9.84 Å². The van der Waals surface area contributed by atoms with Crippen LogP contribution in [-0.4, -0.2) is 41.2 Å². The van der Waals surface area contributed by atoms with Crippen molar-refractivity contribution in [3.63, 3.8) is 0 Å². The number of phenolic OH excluding ortho intramolecular Hbond substituents is 2. The van der Waals surface area contributed by atoms with Gasteiger partial charge in [-0.1, -0.05) is 15.9 Å². The van der Waals surface area contributed by atoms with Crippen molar-refractivity contribution >= 4 is 21.8 Å². The van der Waals surface area contributed by atoms with Crippen LogP contribution < -0.4 is 5.32 Å². The Morgan fingerprint density at radius 1 is 1.28 bits per heavy atom. The highest BCUT2D eigenvalue weighted by Gasteiger charge is 2.07. The molecule has 1 amide bonds. The van der Waals surface area contributed by atoms with Crippen molar-refractivity contribution in [2.45, 2.75) is 6.42 Å². The summed E-state index contributed by atoms with van der Waals surface area (Å²) in [6.07, 6.45) is 0.725. The van der Waals surface area contributed by atoms with Crippen LogP contribution in [0.15, 0.2) is 18.2 Å². The Kier molecular flexibility index (Phi) is 6.53. The highest BCUT2D eigenvalue weighted by Crippen LogP contribution is 2.24. The van der Waals surface area contributed by atoms with Crippen LogP contribution in [-0.2, 0) is 4.74 Å². The summed E-state index contributed by atoms with van der Waals surface area (Å²) in [4.78, 5) is 11.6. The Morgan fingerprint density at radius 2 is 2.06 bits per heavy atom. The third kappa shape index (κ3) is 4.93. The Balaban J connectivity index is 2.30. The molecule has 6 heteroatoms. The first-order chi connectivity index (χ1) is 8.65. The van der Waals surface area contributed by atoms with Gasteiger partial charge < -0.3 is 20.3 Å². The monoisotopic (exact) mass is 317 g/mol. The molecular weight excluding hydrogens is 302 g/mol. The van der Waals surface area contributed by atoms with Gasteiger partial charge in [0, 0.05) is 24.0 Å². The van der Waals surface area contributed by atoms with Gasteiger partial charge in [0.25, 0.3) is 5.91 Å². The Bertz CT molecular complexity index is 398. The second kappa shape index (κ2) is 7.94. The van der Waals surface area contributed by atoms with Gasteiger partial charge in [-0.25, -0.2) is 0 Å². The van der Waals surface area contributed by atoms with Gasteiger partial charge >= 0.3 is 0 Å². The fourth-order valence-electron chi connectivity index (χ4n) is 1.30.